The third-order valence-electron chi connectivity index (χ3n) is 4.91. The van der Waals surface area contributed by atoms with E-state index in [0.29, 0.717) is 0 Å². The van der Waals surface area contributed by atoms with Crippen molar-refractivity contribution < 1.29 is 36.0 Å². The molecule has 0 heterocycles. The Morgan fingerprint density at radius 2 is 1.55 bits per heavy atom. The minimum absolute atomic E-state index is 0. The number of carbonyl (C=O) groups is 2. The molecular weight excluding hydrogens is 521 g/mol. The van der Waals surface area contributed by atoms with E-state index in [2.05, 4.69) is 61.6 Å². The first-order valence-corrected chi connectivity index (χ1v) is 12.2. The zero-order valence-electron chi connectivity index (χ0n) is 22.4. The van der Waals surface area contributed by atoms with Gasteiger partial charge in [0.15, 0.2) is 0 Å². The van der Waals surface area contributed by atoms with Crippen LogP contribution in [0.25, 0.3) is 0 Å². The fourth-order valence-electron chi connectivity index (χ4n) is 2.96. The van der Waals surface area contributed by atoms with Crippen molar-refractivity contribution in [1.29, 1.82) is 0 Å². The fraction of sp³-hybridized carbons (Fsp3) is 0.367. The summed E-state index contributed by atoms with van der Waals surface area (Å²) < 4.78 is 15.0. The standard InChI is InChI=1S/C22H31N3O2.C6H7.2CO.Mn/c1-3-4-5-6-7-8-9-10-11-15-18-23-25-22(27)21(26)24-19(2)20-16-13-12-14-17-20;1-6-4-2-3-5-6;2*1-2;/h10,12-19H,3-9H2,1-2H3,(H,24,26)(H,25,27);2-5H,1H3;;;/b23-18+;;;;/t11?,19-;;;;/m0..../s1. The quantitative estimate of drug-likeness (QED) is 0.0525. The van der Waals surface area contributed by atoms with Crippen LogP contribution in [0.3, 0.4) is 0 Å². The molecule has 0 aliphatic heterocycles. The summed E-state index contributed by atoms with van der Waals surface area (Å²) in [5.41, 5.74) is 6.13. The number of hydrazone groups is 1. The zero-order valence-corrected chi connectivity index (χ0v) is 23.6. The molecule has 2 N–H and O–H groups in total. The molecule has 6 radical (unpaired) electrons. The molecule has 2 amide bonds. The van der Waals surface area contributed by atoms with Crippen LogP contribution in [0.15, 0.2) is 53.3 Å². The number of nitrogens with zero attached hydrogens (tertiary/aromatic N) is 1. The van der Waals surface area contributed by atoms with Gasteiger partial charge in [0.1, 0.15) is 0 Å². The van der Waals surface area contributed by atoms with Crippen LogP contribution in [-0.4, -0.2) is 18.0 Å². The van der Waals surface area contributed by atoms with Crippen molar-refractivity contribution >= 4 is 18.0 Å². The molecule has 0 bridgehead atoms. The minimum atomic E-state index is -0.793. The van der Waals surface area contributed by atoms with Gasteiger partial charge in [-0.2, -0.15) is 5.10 Å². The van der Waals surface area contributed by atoms with Gasteiger partial charge in [0.25, 0.3) is 0 Å². The average molecular weight is 560 g/mol. The molecule has 1 aromatic rings. The molecule has 7 nitrogen and oxygen atoms in total. The van der Waals surface area contributed by atoms with Gasteiger partial charge in [-0.15, -0.1) is 5.73 Å². The van der Waals surface area contributed by atoms with Crippen LogP contribution < -0.4 is 10.7 Å². The van der Waals surface area contributed by atoms with E-state index < -0.39 is 11.8 Å². The zero-order chi connectivity index (χ0) is 28.2. The summed E-state index contributed by atoms with van der Waals surface area (Å²) in [4.78, 5) is 23.5. The predicted molar refractivity (Wildman–Crippen MR) is 144 cm³/mol. The molecule has 8 heteroatoms. The topological polar surface area (TPSA) is 110 Å². The second kappa shape index (κ2) is 30.6. The Kier molecular flexibility index (Phi) is 32.1. The molecule has 0 spiro atoms. The van der Waals surface area contributed by atoms with Crippen molar-refractivity contribution in [3.8, 4) is 0 Å². The average Bonchev–Trinajstić information content (AvgIpc) is 3.43. The third-order valence-corrected chi connectivity index (χ3v) is 4.91. The number of hydrogen-bond acceptors (Lipinski definition) is 3. The van der Waals surface area contributed by atoms with Gasteiger partial charge in [-0.05, 0) is 69.1 Å². The van der Waals surface area contributed by atoms with Gasteiger partial charge in [0.2, 0.25) is 0 Å². The van der Waals surface area contributed by atoms with Gasteiger partial charge in [0, 0.05) is 17.1 Å². The first-order valence-electron chi connectivity index (χ1n) is 12.2. The molecule has 1 fully saturated rings. The first kappa shape index (κ1) is 39.9. The van der Waals surface area contributed by atoms with Gasteiger partial charge < -0.3 is 5.32 Å². The smallest absolute Gasteiger partial charge is 0 e. The summed E-state index contributed by atoms with van der Waals surface area (Å²) in [6.07, 6.45) is 21.8. The van der Waals surface area contributed by atoms with Crippen LogP contribution in [0, 0.1) is 44.9 Å². The SMILES string of the molecule is CCCCCCCCC=C=C/C=N/NC(=O)C(=O)N[C@@H](C)c1ccccc1.C[C]1[CH][CH][CH][CH]1.[C-]#[O+].[C-]#[O+].[Mn]. The first-order chi connectivity index (χ1) is 18.0. The number of rotatable bonds is 11. The van der Waals surface area contributed by atoms with Gasteiger partial charge in [-0.25, -0.2) is 5.43 Å². The minimum Gasteiger partial charge on any atom is 0 e. The Morgan fingerprint density at radius 3 is 2.11 bits per heavy atom. The number of unbranched alkanes of at least 4 members (excludes halogenated alkanes) is 6. The summed E-state index contributed by atoms with van der Waals surface area (Å²) in [6.45, 7) is 15.1. The molecule has 0 saturated heterocycles. The number of benzene rings is 1. The molecule has 1 aliphatic carbocycles. The van der Waals surface area contributed by atoms with E-state index in [1.54, 1.807) is 6.08 Å². The van der Waals surface area contributed by atoms with Crippen molar-refractivity contribution in [2.75, 3.05) is 0 Å². The van der Waals surface area contributed by atoms with E-state index in [4.69, 9.17) is 9.30 Å². The molecule has 1 aromatic carbocycles. The second-order valence-electron chi connectivity index (χ2n) is 7.88. The number of amides is 2. The Labute approximate surface area is 239 Å². The monoisotopic (exact) mass is 559 g/mol. The van der Waals surface area contributed by atoms with Crippen molar-refractivity contribution in [3.05, 3.63) is 98.7 Å². The molecule has 1 saturated carbocycles. The summed E-state index contributed by atoms with van der Waals surface area (Å²) in [5.74, 6) is -0.167. The molecule has 204 valence electrons. The molecule has 1 aliphatic rings. The number of carbonyl (C=O) groups excluding carboxylic acids is 2. The van der Waals surface area contributed by atoms with Crippen LogP contribution in [0.4, 0.5) is 0 Å². The maximum absolute atomic E-state index is 11.8. The van der Waals surface area contributed by atoms with E-state index in [9.17, 15) is 9.59 Å². The predicted octanol–water partition coefficient (Wildman–Crippen LogP) is 5.76. The number of nitrogens with one attached hydrogen (secondary N) is 2. The molecule has 0 unspecified atom stereocenters. The third kappa shape index (κ3) is 23.7. The summed E-state index contributed by atoms with van der Waals surface area (Å²) in [6, 6.07) is 9.20. The summed E-state index contributed by atoms with van der Waals surface area (Å²) in [5, 5.41) is 6.35. The van der Waals surface area contributed by atoms with Crippen LogP contribution in [0.2, 0.25) is 0 Å². The molecule has 2 rings (SSSR count). The number of allylic oxidation sites excluding steroid dienone is 1. The second-order valence-corrected chi connectivity index (χ2v) is 7.88. The van der Waals surface area contributed by atoms with E-state index in [-0.39, 0.29) is 23.1 Å². The molecule has 1 atom stereocenters. The molecular formula is C30H38MnN3O4. The van der Waals surface area contributed by atoms with Gasteiger partial charge >= 0.3 is 34.4 Å². The van der Waals surface area contributed by atoms with Crippen molar-refractivity contribution in [2.45, 2.75) is 71.8 Å². The maximum atomic E-state index is 11.8. The van der Waals surface area contributed by atoms with Crippen LogP contribution in [0.5, 0.6) is 0 Å². The molecule has 38 heavy (non-hydrogen) atoms. The largest absolute Gasteiger partial charge is 0 e. The van der Waals surface area contributed by atoms with Crippen LogP contribution in [0.1, 0.15) is 77.3 Å². The van der Waals surface area contributed by atoms with E-state index in [1.165, 1.54) is 44.2 Å². The number of hydrogen-bond donors (Lipinski definition) is 2. The maximum Gasteiger partial charge on any atom is 0 e. The van der Waals surface area contributed by atoms with E-state index in [0.717, 1.165) is 18.4 Å². The van der Waals surface area contributed by atoms with Crippen molar-refractivity contribution in [3.63, 3.8) is 0 Å². The normalized spacial score (nSPS) is 12.3. The Balaban J connectivity index is -0.000000944. The van der Waals surface area contributed by atoms with Crippen LogP contribution >= 0.6 is 0 Å². The Morgan fingerprint density at radius 1 is 0.974 bits per heavy atom. The van der Waals surface area contributed by atoms with Crippen molar-refractivity contribution in [1.82, 2.24) is 10.7 Å². The van der Waals surface area contributed by atoms with Gasteiger partial charge in [-0.3, -0.25) is 9.59 Å². The summed E-state index contributed by atoms with van der Waals surface area (Å²) >= 11 is 0. The van der Waals surface area contributed by atoms with Gasteiger partial charge in [0.05, 0.1) is 12.3 Å². The van der Waals surface area contributed by atoms with Gasteiger partial charge in [-0.1, -0.05) is 76.3 Å². The molecule has 0 aromatic heterocycles. The van der Waals surface area contributed by atoms with E-state index >= 15 is 0 Å². The van der Waals surface area contributed by atoms with E-state index in [1.807, 2.05) is 56.2 Å². The van der Waals surface area contributed by atoms with Crippen LogP contribution in [-0.2, 0) is 36.0 Å². The van der Waals surface area contributed by atoms with Crippen molar-refractivity contribution in [2.24, 2.45) is 5.10 Å². The Hall–Kier alpha value is -2.65. The fourth-order valence-corrected chi connectivity index (χ4v) is 2.96. The summed E-state index contributed by atoms with van der Waals surface area (Å²) in [7, 11) is 0. The Bertz CT molecular complexity index is 835.